The zero-order valence-corrected chi connectivity index (χ0v) is 43.6. The molecule has 4 aromatic rings. The molecule has 24 nitrogen and oxygen atoms in total. The maximum absolute atomic E-state index is 12.7. The van der Waals surface area contributed by atoms with E-state index in [1.165, 1.54) is 28.4 Å². The predicted molar refractivity (Wildman–Crippen MR) is 249 cm³/mol. The van der Waals surface area contributed by atoms with Crippen molar-refractivity contribution in [3.63, 3.8) is 0 Å². The van der Waals surface area contributed by atoms with Crippen LogP contribution in [0.3, 0.4) is 0 Å². The fourth-order valence-electron chi connectivity index (χ4n) is 6.46. The molecule has 32 heteroatoms. The number of aromatic nitrogens is 8. The van der Waals surface area contributed by atoms with Crippen LogP contribution in [0.2, 0.25) is 0 Å². The molecular weight excluding hydrogens is 1050 g/mol. The number of hydrogen-bond donors (Lipinski definition) is 4. The number of methoxy groups -OCH3 is 4. The number of ether oxygens (including phenoxy) is 4. The van der Waals surface area contributed by atoms with Crippen molar-refractivity contribution in [2.75, 3.05) is 54.9 Å². The van der Waals surface area contributed by atoms with E-state index < -0.39 is 108 Å². The SMILES string of the molecule is COCC[C@@H]([C@@H](C)c1ncc(F)cn1)S(=O)(=O)O.COCC[C@@H]([C@H](C)c1ncc(F)cn1)S(=O)(=O)O.COCC[C@H]([C@@H](C)c1ncc(F)cn1)S(=O)(=O)O.COCC[C@H]([C@H](C)c1ncc(F)cn1)S(=O)(=O)O. The Morgan fingerprint density at radius 3 is 0.611 bits per heavy atom. The highest BCUT2D eigenvalue weighted by molar-refractivity contribution is 7.87. The van der Waals surface area contributed by atoms with Gasteiger partial charge in [0.15, 0.2) is 23.3 Å². The van der Waals surface area contributed by atoms with Crippen molar-refractivity contribution >= 4 is 40.5 Å². The molecule has 0 aliphatic carbocycles. The van der Waals surface area contributed by atoms with E-state index in [0.29, 0.717) is 0 Å². The van der Waals surface area contributed by atoms with Crippen LogP contribution in [-0.4, -0.2) is 168 Å². The lowest BCUT2D eigenvalue weighted by Crippen LogP contribution is -2.29. The number of nitrogens with zero attached hydrogens (tertiary/aromatic N) is 8. The van der Waals surface area contributed by atoms with E-state index in [4.69, 9.17) is 18.9 Å². The van der Waals surface area contributed by atoms with Crippen molar-refractivity contribution in [2.45, 2.75) is 98.0 Å². The van der Waals surface area contributed by atoms with Gasteiger partial charge in [-0.2, -0.15) is 33.7 Å². The third kappa shape index (κ3) is 23.6. The maximum atomic E-state index is 12.7. The van der Waals surface area contributed by atoms with Gasteiger partial charge >= 0.3 is 0 Å². The van der Waals surface area contributed by atoms with Crippen LogP contribution < -0.4 is 0 Å². The Morgan fingerprint density at radius 1 is 0.361 bits per heavy atom. The summed E-state index contributed by atoms with van der Waals surface area (Å²) in [6.45, 7) is 6.93. The molecule has 0 bridgehead atoms. The summed E-state index contributed by atoms with van der Waals surface area (Å²) in [7, 11) is -11.3. The molecule has 4 aromatic heterocycles. The zero-order chi connectivity index (χ0) is 55.0. The fourth-order valence-corrected chi connectivity index (χ4v) is 10.6. The molecule has 0 saturated heterocycles. The van der Waals surface area contributed by atoms with Crippen LogP contribution in [0, 0.1) is 23.3 Å². The number of halogens is 4. The third-order valence-corrected chi connectivity index (χ3v) is 16.0. The van der Waals surface area contributed by atoms with E-state index in [2.05, 4.69) is 39.9 Å². The molecule has 4 rings (SSSR count). The van der Waals surface area contributed by atoms with Crippen LogP contribution in [-0.2, 0) is 59.4 Å². The summed E-state index contributed by atoms with van der Waals surface area (Å²) in [6, 6.07) is 0. The molecule has 0 aromatic carbocycles. The van der Waals surface area contributed by atoms with Crippen molar-refractivity contribution in [3.05, 3.63) is 96.1 Å². The highest BCUT2D eigenvalue weighted by Crippen LogP contribution is 2.27. The van der Waals surface area contributed by atoms with E-state index in [-0.39, 0.29) is 75.4 Å². The van der Waals surface area contributed by atoms with Gasteiger partial charge in [0.2, 0.25) is 0 Å². The van der Waals surface area contributed by atoms with Crippen molar-refractivity contribution in [1.82, 2.24) is 39.9 Å². The summed E-state index contributed by atoms with van der Waals surface area (Å²) < 4.78 is 197. The second-order valence-corrected chi connectivity index (χ2v) is 22.1. The van der Waals surface area contributed by atoms with Gasteiger partial charge in [-0.1, -0.05) is 27.7 Å². The Labute approximate surface area is 416 Å². The van der Waals surface area contributed by atoms with Gasteiger partial charge < -0.3 is 18.9 Å². The van der Waals surface area contributed by atoms with E-state index in [1.807, 2.05) is 0 Å². The lowest BCUT2D eigenvalue weighted by Gasteiger charge is -2.19. The minimum absolute atomic E-state index is 0.108. The van der Waals surface area contributed by atoms with Gasteiger partial charge in [0.25, 0.3) is 40.5 Å². The van der Waals surface area contributed by atoms with Crippen LogP contribution >= 0.6 is 0 Å². The second-order valence-electron chi connectivity index (χ2n) is 15.5. The molecule has 4 heterocycles. The van der Waals surface area contributed by atoms with Crippen LogP contribution in [0.1, 0.15) is 100 Å². The summed E-state index contributed by atoms with van der Waals surface area (Å²) in [5.74, 6) is -4.40. The van der Waals surface area contributed by atoms with Crippen LogP contribution in [0.15, 0.2) is 49.6 Å². The number of hydrogen-bond acceptors (Lipinski definition) is 20. The first-order chi connectivity index (χ1) is 33.4. The first kappa shape index (κ1) is 65.5. The van der Waals surface area contributed by atoms with Gasteiger partial charge in [0, 0.05) is 78.5 Å². The molecule has 0 saturated carbocycles. The van der Waals surface area contributed by atoms with Gasteiger partial charge in [0.05, 0.1) is 70.6 Å². The minimum Gasteiger partial charge on any atom is -0.385 e. The van der Waals surface area contributed by atoms with Crippen molar-refractivity contribution in [2.24, 2.45) is 0 Å². The topological polar surface area (TPSA) is 358 Å². The standard InChI is InChI=1S/4C10H15FN2O4S/c4*1-7(10-12-5-8(11)6-13-10)9(3-4-17-2)18(14,15)16/h4*5-7,9H,3-4H2,1-2H3,(H,14,15,16)/t2*7-,9+;2*7-,9-/m1010/s1. The first-order valence-corrected chi connectivity index (χ1v) is 27.2. The van der Waals surface area contributed by atoms with E-state index in [1.54, 1.807) is 27.7 Å². The lowest BCUT2D eigenvalue weighted by molar-refractivity contribution is 0.190. The van der Waals surface area contributed by atoms with Gasteiger partial charge in [-0.15, -0.1) is 0 Å². The largest absolute Gasteiger partial charge is 0.385 e. The smallest absolute Gasteiger partial charge is 0.268 e. The molecule has 0 fully saturated rings. The molecule has 0 aliphatic heterocycles. The monoisotopic (exact) mass is 1110 g/mol. The molecule has 0 radical (unpaired) electrons. The zero-order valence-electron chi connectivity index (χ0n) is 40.3. The Balaban J connectivity index is 0.000000480. The summed E-state index contributed by atoms with van der Waals surface area (Å²) in [5, 5.41) is -4.32. The van der Waals surface area contributed by atoms with E-state index in [0.717, 1.165) is 49.6 Å². The normalized spacial score (nSPS) is 15.3. The van der Waals surface area contributed by atoms with Crippen LogP contribution in [0.4, 0.5) is 17.6 Å². The van der Waals surface area contributed by atoms with Gasteiger partial charge in [-0.3, -0.25) is 18.2 Å². The van der Waals surface area contributed by atoms with E-state index >= 15 is 0 Å². The summed E-state index contributed by atoms with van der Waals surface area (Å²) in [6.07, 6.45) is 8.07. The summed E-state index contributed by atoms with van der Waals surface area (Å²) in [5.41, 5.74) is 0. The molecular formula is C40H60F4N8O16S4. The van der Waals surface area contributed by atoms with Crippen molar-refractivity contribution in [1.29, 1.82) is 0 Å². The molecule has 0 aliphatic rings. The Morgan fingerprint density at radius 2 is 0.500 bits per heavy atom. The first-order valence-electron chi connectivity index (χ1n) is 21.1. The number of rotatable bonds is 24. The van der Waals surface area contributed by atoms with Crippen molar-refractivity contribution < 1.29 is 88.4 Å². The summed E-state index contributed by atoms with van der Waals surface area (Å²) >= 11 is 0. The van der Waals surface area contributed by atoms with Crippen LogP contribution in [0.5, 0.6) is 0 Å². The average Bonchev–Trinajstić information content (AvgIpc) is 3.29. The van der Waals surface area contributed by atoms with E-state index in [9.17, 15) is 69.4 Å². The highest BCUT2D eigenvalue weighted by atomic mass is 32.2. The Hall–Kier alpha value is -4.48. The van der Waals surface area contributed by atoms with Crippen molar-refractivity contribution in [3.8, 4) is 0 Å². The fraction of sp³-hybridized carbons (Fsp3) is 0.600. The maximum Gasteiger partial charge on any atom is 0.268 e. The summed E-state index contributed by atoms with van der Waals surface area (Å²) in [4.78, 5) is 29.7. The molecule has 8 atom stereocenters. The van der Waals surface area contributed by atoms with Gasteiger partial charge in [0.1, 0.15) is 23.3 Å². The lowest BCUT2D eigenvalue weighted by atomic mass is 10.0. The second kappa shape index (κ2) is 31.3. The Kier molecular flexibility index (Phi) is 28.5. The minimum atomic E-state index is -4.25. The van der Waals surface area contributed by atoms with Gasteiger partial charge in [-0.25, -0.2) is 57.4 Å². The molecule has 408 valence electrons. The van der Waals surface area contributed by atoms with Gasteiger partial charge in [-0.05, 0) is 25.7 Å². The molecule has 0 amide bonds. The molecule has 0 unspecified atom stereocenters. The quantitative estimate of drug-likeness (QED) is 0.0568. The molecule has 4 N–H and O–H groups in total. The average molecular weight is 1110 g/mol. The predicted octanol–water partition coefficient (Wildman–Crippen LogP) is 4.05. The molecule has 72 heavy (non-hydrogen) atoms. The van der Waals surface area contributed by atoms with Crippen LogP contribution in [0.25, 0.3) is 0 Å². The Bertz CT molecular complexity index is 2270. The highest BCUT2D eigenvalue weighted by Gasteiger charge is 2.35. The third-order valence-electron chi connectivity index (χ3n) is 10.4. The molecule has 0 spiro atoms.